The van der Waals surface area contributed by atoms with Crippen molar-refractivity contribution < 1.29 is 37.1 Å². The lowest BCUT2D eigenvalue weighted by molar-refractivity contribution is -0.141. The van der Waals surface area contributed by atoms with Gasteiger partial charge < -0.3 is 34.8 Å². The molecule has 3 fully saturated rings. The van der Waals surface area contributed by atoms with Gasteiger partial charge in [-0.1, -0.05) is 37.1 Å². The summed E-state index contributed by atoms with van der Waals surface area (Å²) in [6, 6.07) is -1.88. The van der Waals surface area contributed by atoms with Gasteiger partial charge in [0.05, 0.1) is 24.0 Å². The Balaban J connectivity index is 1.20. The van der Waals surface area contributed by atoms with Crippen LogP contribution in [0.25, 0.3) is 5.57 Å². The normalized spacial score (nSPS) is 29.0. The van der Waals surface area contributed by atoms with Crippen molar-refractivity contribution in [1.29, 1.82) is 0 Å². The summed E-state index contributed by atoms with van der Waals surface area (Å²) < 4.78 is 41.0. The van der Waals surface area contributed by atoms with E-state index in [1.54, 1.807) is 32.1 Å². The zero-order valence-corrected chi connectivity index (χ0v) is 38.6. The van der Waals surface area contributed by atoms with E-state index >= 15 is 0 Å². The van der Waals surface area contributed by atoms with Crippen molar-refractivity contribution in [3.63, 3.8) is 0 Å². The molecule has 1 aromatic heterocycles. The molecule has 5 heterocycles. The predicted octanol–water partition coefficient (Wildman–Crippen LogP) is 4.45. The third-order valence-electron chi connectivity index (χ3n) is 12.3. The van der Waals surface area contributed by atoms with Crippen molar-refractivity contribution in [1.82, 2.24) is 34.4 Å². The monoisotopic (exact) mass is 897 g/mol. The zero-order valence-electron chi connectivity index (χ0n) is 37.0. The number of hydrogen-bond donors (Lipinski definition) is 3. The number of piperidine rings is 1. The molecule has 0 aromatic carbocycles. The highest BCUT2D eigenvalue weighted by Gasteiger charge is 2.62. The van der Waals surface area contributed by atoms with Gasteiger partial charge in [-0.15, -0.1) is 11.3 Å². The maximum absolute atomic E-state index is 14.7. The molecule has 1 saturated carbocycles. The number of allylic oxidation sites excluding steroid dienone is 3. The smallest absolute Gasteiger partial charge is 0.408 e. The quantitative estimate of drug-likeness (QED) is 0.312. The molecule has 3 N–H and O–H groups in total. The minimum Gasteiger partial charge on any atom is -0.460 e. The average molecular weight is 898 g/mol. The lowest BCUT2D eigenvalue weighted by Gasteiger charge is -2.33. The highest BCUT2D eigenvalue weighted by molar-refractivity contribution is 7.87. The number of amidine groups is 1. The van der Waals surface area contributed by atoms with Gasteiger partial charge in [-0.2, -0.15) is 17.7 Å². The summed E-state index contributed by atoms with van der Waals surface area (Å²) in [7, 11) is -1.57. The Hall–Kier alpha value is -4.49. The molecule has 4 amide bonds. The molecule has 0 radical (unpaired) electrons. The SMILES string of the molecule is CC(C)N1C(O[C@@H]2C[C@H]3C(=O)N[C@]4(C(=O)NS(=O)(=O)N(C)C)C[C@H]4/C=C\CCCCC[C@H](NC(=O)OC(C)(C)C)C(=O)N3C2)=NC2=C(c3csc(N4CCCCC4)n3)C=CCC21. The molecule has 6 aliphatic rings. The van der Waals surface area contributed by atoms with E-state index in [2.05, 4.69) is 56.5 Å². The second kappa shape index (κ2) is 18.3. The third kappa shape index (κ3) is 9.99. The van der Waals surface area contributed by atoms with Crippen LogP contribution in [0.4, 0.5) is 9.93 Å². The zero-order chi connectivity index (χ0) is 44.6. The van der Waals surface area contributed by atoms with Crippen molar-refractivity contribution >= 4 is 62.1 Å². The fourth-order valence-corrected chi connectivity index (χ4v) is 10.4. The lowest BCUT2D eigenvalue weighted by Crippen LogP contribution is -2.58. The molecule has 0 bridgehead atoms. The van der Waals surface area contributed by atoms with E-state index in [0.29, 0.717) is 31.7 Å². The maximum atomic E-state index is 14.7. The van der Waals surface area contributed by atoms with Crippen LogP contribution in [0, 0.1) is 5.92 Å². The van der Waals surface area contributed by atoms with E-state index in [0.717, 1.165) is 65.2 Å². The number of nitrogens with one attached hydrogen (secondary N) is 3. The number of thiazole rings is 1. The third-order valence-corrected chi connectivity index (χ3v) is 14.6. The van der Waals surface area contributed by atoms with Crippen LogP contribution in [-0.2, 0) is 34.1 Å². The van der Waals surface area contributed by atoms with Crippen LogP contribution >= 0.6 is 11.3 Å². The van der Waals surface area contributed by atoms with Crippen LogP contribution in [0.2, 0.25) is 0 Å². The molecule has 4 aliphatic heterocycles. The van der Waals surface area contributed by atoms with Gasteiger partial charge in [-0.25, -0.2) is 14.5 Å². The molecule has 1 aromatic rings. The number of rotatable bonds is 8. The van der Waals surface area contributed by atoms with Crippen LogP contribution in [0.15, 0.2) is 40.4 Å². The van der Waals surface area contributed by atoms with Gasteiger partial charge in [-0.3, -0.25) is 14.4 Å². The molecule has 1 unspecified atom stereocenters. The van der Waals surface area contributed by atoms with Crippen molar-refractivity contribution in [2.24, 2.45) is 10.9 Å². The highest BCUT2D eigenvalue weighted by atomic mass is 32.2. The van der Waals surface area contributed by atoms with Gasteiger partial charge in [0.2, 0.25) is 11.8 Å². The number of carbonyl (C=O) groups excluding carboxylic acids is 4. The van der Waals surface area contributed by atoms with Gasteiger partial charge in [0, 0.05) is 56.5 Å². The van der Waals surface area contributed by atoms with E-state index in [1.807, 2.05) is 12.2 Å². The molecule has 17 nitrogen and oxygen atoms in total. The van der Waals surface area contributed by atoms with Gasteiger partial charge in [-0.05, 0) is 86.0 Å². The number of alkyl carbamates (subject to hydrolysis) is 1. The summed E-state index contributed by atoms with van der Waals surface area (Å²) in [5.74, 6) is -2.44. The number of ether oxygens (including phenoxy) is 2. The van der Waals surface area contributed by atoms with Crippen LogP contribution in [0.5, 0.6) is 0 Å². The van der Waals surface area contributed by atoms with Crippen molar-refractivity contribution in [2.75, 3.05) is 38.6 Å². The molecule has 0 spiro atoms. The Morgan fingerprint density at radius 3 is 2.50 bits per heavy atom. The fraction of sp³-hybridized carbons (Fsp3) is 0.674. The Bertz CT molecular complexity index is 2120. The number of aliphatic imine (C=N–C) groups is 1. The number of fused-ring (bicyclic) bond motifs is 3. The van der Waals surface area contributed by atoms with Gasteiger partial charge >= 0.3 is 16.3 Å². The summed E-state index contributed by atoms with van der Waals surface area (Å²) >= 11 is 1.64. The van der Waals surface area contributed by atoms with E-state index in [4.69, 9.17) is 19.5 Å². The molecular weight excluding hydrogens is 835 g/mol. The molecule has 2 aliphatic carbocycles. The predicted molar refractivity (Wildman–Crippen MR) is 237 cm³/mol. The molecular formula is C43H63N9O8S2. The van der Waals surface area contributed by atoms with Crippen molar-refractivity contribution in [2.45, 2.75) is 147 Å². The van der Waals surface area contributed by atoms with Gasteiger partial charge in [0.1, 0.15) is 29.3 Å². The van der Waals surface area contributed by atoms with E-state index in [-0.39, 0.29) is 31.5 Å². The first-order valence-electron chi connectivity index (χ1n) is 22.1. The molecule has 2 saturated heterocycles. The Morgan fingerprint density at radius 1 is 1.05 bits per heavy atom. The van der Waals surface area contributed by atoms with Crippen LogP contribution in [-0.4, -0.2) is 132 Å². The number of hydrogen-bond acceptors (Lipinski definition) is 13. The van der Waals surface area contributed by atoms with E-state index in [1.165, 1.54) is 25.4 Å². The first-order valence-corrected chi connectivity index (χ1v) is 24.4. The van der Waals surface area contributed by atoms with Gasteiger partial charge in [0.15, 0.2) is 5.13 Å². The Labute approximate surface area is 369 Å². The first kappa shape index (κ1) is 45.5. The second-order valence-corrected chi connectivity index (χ2v) is 21.4. The standard InChI is InChI=1S/C43H63N9O8S2/c1-27(2)52-33-20-16-18-30(32-26-61-40(44-32)50-21-14-11-15-22-50)35(33)46-39(52)59-29-23-34-36(53)47-43(38(55)48-62(57,58)49(6)7)24-28(43)17-12-9-8-10-13-19-31(37(54)51(34)25-29)45-41(56)60-42(3,4)5/h12,16-18,26-29,31,33-34H,8-11,13-15,19-25H2,1-7H3,(H,45,56)(H,47,53)(H,48,55)/b17-12-/t28-,29-,31+,33?,34+,43-/m1/s1. The number of amides is 4. The molecule has 7 rings (SSSR count). The maximum Gasteiger partial charge on any atom is 0.408 e. The number of carbonyl (C=O) groups is 4. The molecule has 62 heavy (non-hydrogen) atoms. The average Bonchev–Trinajstić information content (AvgIpc) is 3.56. The second-order valence-electron chi connectivity index (χ2n) is 18.6. The molecule has 340 valence electrons. The summed E-state index contributed by atoms with van der Waals surface area (Å²) in [4.78, 5) is 72.4. The summed E-state index contributed by atoms with van der Waals surface area (Å²) in [6.45, 7) is 11.3. The van der Waals surface area contributed by atoms with Gasteiger partial charge in [0.25, 0.3) is 11.9 Å². The van der Waals surface area contributed by atoms with E-state index in [9.17, 15) is 27.6 Å². The van der Waals surface area contributed by atoms with Crippen molar-refractivity contribution in [3.8, 4) is 0 Å². The van der Waals surface area contributed by atoms with Crippen molar-refractivity contribution in [3.05, 3.63) is 41.1 Å². The molecule has 19 heteroatoms. The highest BCUT2D eigenvalue weighted by Crippen LogP contribution is 2.46. The summed E-state index contributed by atoms with van der Waals surface area (Å²) in [5.41, 5.74) is 0.275. The largest absolute Gasteiger partial charge is 0.460 e. The first-order chi connectivity index (χ1) is 29.4. The minimum atomic E-state index is -4.18. The Morgan fingerprint density at radius 2 is 1.79 bits per heavy atom. The number of nitrogens with zero attached hydrogens (tertiary/aromatic N) is 6. The minimum absolute atomic E-state index is 0.00792. The van der Waals surface area contributed by atoms with E-state index < -0.39 is 69.3 Å². The number of aromatic nitrogens is 1. The fourth-order valence-electron chi connectivity index (χ4n) is 8.93. The topological polar surface area (TPSA) is 195 Å². The summed E-state index contributed by atoms with van der Waals surface area (Å²) in [5, 5.41) is 8.77. The van der Waals surface area contributed by atoms with Crippen LogP contribution < -0.4 is 20.3 Å². The Kier molecular flexibility index (Phi) is 13.4. The molecule has 6 atom stereocenters. The lowest BCUT2D eigenvalue weighted by atomic mass is 9.96. The number of anilines is 1. The summed E-state index contributed by atoms with van der Waals surface area (Å²) in [6.07, 6.45) is 14.2. The van der Waals surface area contributed by atoms with Crippen LogP contribution in [0.1, 0.15) is 111 Å². The van der Waals surface area contributed by atoms with Crippen LogP contribution in [0.3, 0.4) is 0 Å².